The number of fused-ring (bicyclic) bond motifs is 1. The molecule has 1 aromatic heterocycles. The number of aryl methyl sites for hydroxylation is 1. The summed E-state index contributed by atoms with van der Waals surface area (Å²) in [7, 11) is 3.76. The van der Waals surface area contributed by atoms with Crippen LogP contribution in [0.4, 0.5) is 0 Å². The van der Waals surface area contributed by atoms with Gasteiger partial charge in [-0.05, 0) is 18.1 Å². The van der Waals surface area contributed by atoms with E-state index in [9.17, 15) is 0 Å². The fraction of sp³-hybridized carbons (Fsp3) is 0.357. The van der Waals surface area contributed by atoms with Crippen molar-refractivity contribution in [2.75, 3.05) is 13.7 Å². The van der Waals surface area contributed by atoms with Crippen LogP contribution in [0.1, 0.15) is 23.0 Å². The van der Waals surface area contributed by atoms with E-state index in [1.54, 1.807) is 7.11 Å². The first-order valence-electron chi connectivity index (χ1n) is 6.17. The Morgan fingerprint density at radius 2 is 2.33 bits per heavy atom. The van der Waals surface area contributed by atoms with Crippen LogP contribution in [-0.4, -0.2) is 23.2 Å². The van der Waals surface area contributed by atoms with Crippen LogP contribution in [0.3, 0.4) is 0 Å². The molecule has 1 atom stereocenters. The second-order valence-corrected chi connectivity index (χ2v) is 4.56. The van der Waals surface area contributed by atoms with Crippen molar-refractivity contribution in [3.05, 3.63) is 47.5 Å². The molecule has 1 unspecified atom stereocenters. The topological polar surface area (TPSA) is 39.1 Å². The molecule has 2 heterocycles. The normalized spacial score (nSPS) is 18.4. The molecule has 0 aliphatic carbocycles. The van der Waals surface area contributed by atoms with E-state index in [0.717, 1.165) is 24.5 Å². The first kappa shape index (κ1) is 11.3. The summed E-state index contributed by atoms with van der Waals surface area (Å²) in [6.45, 7) is 0.949. The summed E-state index contributed by atoms with van der Waals surface area (Å²) < 4.78 is 7.52. The second-order valence-electron chi connectivity index (χ2n) is 4.56. The van der Waals surface area contributed by atoms with Crippen LogP contribution in [0.2, 0.25) is 0 Å². The van der Waals surface area contributed by atoms with Crippen LogP contribution < -0.4 is 10.1 Å². The minimum Gasteiger partial charge on any atom is -0.496 e. The highest BCUT2D eigenvalue weighted by Crippen LogP contribution is 2.32. The smallest absolute Gasteiger partial charge is 0.130 e. The van der Waals surface area contributed by atoms with Gasteiger partial charge in [0, 0.05) is 31.5 Å². The number of nitrogens with zero attached hydrogens (tertiary/aromatic N) is 2. The third kappa shape index (κ3) is 1.69. The molecule has 94 valence electrons. The van der Waals surface area contributed by atoms with Crippen LogP contribution in [0.25, 0.3) is 0 Å². The summed E-state index contributed by atoms with van der Waals surface area (Å²) >= 11 is 0. The predicted molar refractivity (Wildman–Crippen MR) is 69.8 cm³/mol. The predicted octanol–water partition coefficient (Wildman–Crippen LogP) is 1.66. The van der Waals surface area contributed by atoms with Gasteiger partial charge in [-0.25, -0.2) is 4.98 Å². The van der Waals surface area contributed by atoms with Crippen molar-refractivity contribution in [3.63, 3.8) is 0 Å². The molecular weight excluding hydrogens is 226 g/mol. The van der Waals surface area contributed by atoms with Crippen LogP contribution in [0, 0.1) is 0 Å². The monoisotopic (exact) mass is 243 g/mol. The lowest BCUT2D eigenvalue weighted by molar-refractivity contribution is 0.402. The number of benzene rings is 1. The molecule has 4 heteroatoms. The Bertz CT molecular complexity index is 562. The fourth-order valence-electron chi connectivity index (χ4n) is 2.65. The lowest BCUT2D eigenvalue weighted by atomic mass is 9.93. The van der Waals surface area contributed by atoms with Crippen molar-refractivity contribution >= 4 is 0 Å². The lowest BCUT2D eigenvalue weighted by Gasteiger charge is -2.27. The molecule has 0 radical (unpaired) electrons. The molecule has 4 nitrogen and oxygen atoms in total. The highest BCUT2D eigenvalue weighted by Gasteiger charge is 2.25. The minimum absolute atomic E-state index is 0.156. The molecule has 0 saturated heterocycles. The van der Waals surface area contributed by atoms with E-state index in [1.165, 1.54) is 11.1 Å². The molecule has 1 N–H and O–H groups in total. The quantitative estimate of drug-likeness (QED) is 0.872. The zero-order valence-corrected chi connectivity index (χ0v) is 10.7. The Balaban J connectivity index is 2.10. The Kier molecular flexibility index (Phi) is 2.80. The van der Waals surface area contributed by atoms with Crippen molar-refractivity contribution in [1.29, 1.82) is 0 Å². The summed E-state index contributed by atoms with van der Waals surface area (Å²) in [5.41, 5.74) is 2.57. The average Bonchev–Trinajstić information content (AvgIpc) is 2.83. The Hall–Kier alpha value is -1.81. The lowest BCUT2D eigenvalue weighted by Crippen LogP contribution is -2.32. The van der Waals surface area contributed by atoms with Crippen LogP contribution in [-0.2, 0) is 13.5 Å². The standard InChI is InChI=1S/C14H17N3O/c1-17-9-8-16-14(17)13-11-4-3-5-12(18-2)10(11)6-7-15-13/h3-5,8-9,13,15H,6-7H2,1-2H3. The second kappa shape index (κ2) is 4.46. The molecule has 18 heavy (non-hydrogen) atoms. The maximum Gasteiger partial charge on any atom is 0.130 e. The summed E-state index contributed by atoms with van der Waals surface area (Å²) in [5.74, 6) is 2.03. The SMILES string of the molecule is COc1cccc2c1CCNC2c1nccn1C. The molecule has 2 aromatic rings. The number of imidazole rings is 1. The molecule has 0 bridgehead atoms. The van der Waals surface area contributed by atoms with Gasteiger partial charge in [-0.2, -0.15) is 0 Å². The third-order valence-electron chi connectivity index (χ3n) is 3.54. The average molecular weight is 243 g/mol. The van der Waals surface area contributed by atoms with Gasteiger partial charge in [0.05, 0.1) is 13.2 Å². The number of aromatic nitrogens is 2. The summed E-state index contributed by atoms with van der Waals surface area (Å²) in [6, 6.07) is 6.38. The first-order chi connectivity index (χ1) is 8.81. The van der Waals surface area contributed by atoms with Crippen LogP contribution in [0.15, 0.2) is 30.6 Å². The van der Waals surface area contributed by atoms with E-state index in [4.69, 9.17) is 4.74 Å². The van der Waals surface area contributed by atoms with E-state index in [-0.39, 0.29) is 6.04 Å². The highest BCUT2D eigenvalue weighted by atomic mass is 16.5. The molecule has 3 rings (SSSR count). The van der Waals surface area contributed by atoms with Crippen molar-refractivity contribution in [1.82, 2.24) is 14.9 Å². The molecule has 1 aliphatic heterocycles. The zero-order valence-electron chi connectivity index (χ0n) is 10.7. The van der Waals surface area contributed by atoms with E-state index in [1.807, 2.05) is 31.6 Å². The number of rotatable bonds is 2. The molecule has 0 spiro atoms. The molecule has 1 aliphatic rings. The first-order valence-corrected chi connectivity index (χ1v) is 6.17. The number of ether oxygens (including phenoxy) is 1. The molecule has 1 aromatic carbocycles. The molecule has 0 fully saturated rings. The van der Waals surface area contributed by atoms with Gasteiger partial charge in [0.15, 0.2) is 0 Å². The molecule has 0 amide bonds. The van der Waals surface area contributed by atoms with Gasteiger partial charge < -0.3 is 14.6 Å². The Morgan fingerprint density at radius 3 is 3.06 bits per heavy atom. The van der Waals surface area contributed by atoms with Gasteiger partial charge in [-0.3, -0.25) is 0 Å². The fourth-order valence-corrected chi connectivity index (χ4v) is 2.65. The third-order valence-corrected chi connectivity index (χ3v) is 3.54. The van der Waals surface area contributed by atoms with Gasteiger partial charge in [-0.1, -0.05) is 12.1 Å². The van der Waals surface area contributed by atoms with Crippen LogP contribution in [0.5, 0.6) is 5.75 Å². The highest BCUT2D eigenvalue weighted by molar-refractivity contribution is 5.45. The number of nitrogens with one attached hydrogen (secondary N) is 1. The number of methoxy groups -OCH3 is 1. The van der Waals surface area contributed by atoms with Gasteiger partial charge in [0.2, 0.25) is 0 Å². The summed E-state index contributed by atoms with van der Waals surface area (Å²) in [4.78, 5) is 4.45. The van der Waals surface area contributed by atoms with Crippen molar-refractivity contribution in [2.24, 2.45) is 7.05 Å². The Labute approximate surface area is 107 Å². The van der Waals surface area contributed by atoms with E-state index >= 15 is 0 Å². The summed E-state index contributed by atoms with van der Waals surface area (Å²) in [6.07, 6.45) is 4.82. The maximum atomic E-state index is 5.45. The van der Waals surface area contributed by atoms with E-state index in [2.05, 4.69) is 20.9 Å². The van der Waals surface area contributed by atoms with Crippen molar-refractivity contribution in [2.45, 2.75) is 12.5 Å². The van der Waals surface area contributed by atoms with E-state index < -0.39 is 0 Å². The van der Waals surface area contributed by atoms with Crippen LogP contribution >= 0.6 is 0 Å². The zero-order chi connectivity index (χ0) is 12.5. The number of hydrogen-bond donors (Lipinski definition) is 1. The summed E-state index contributed by atoms with van der Waals surface area (Å²) in [5, 5.41) is 3.53. The largest absolute Gasteiger partial charge is 0.496 e. The maximum absolute atomic E-state index is 5.45. The molecule has 0 saturated carbocycles. The molecular formula is C14H17N3O. The van der Waals surface area contributed by atoms with Gasteiger partial charge >= 0.3 is 0 Å². The van der Waals surface area contributed by atoms with Gasteiger partial charge in [0.25, 0.3) is 0 Å². The minimum atomic E-state index is 0.156. The Morgan fingerprint density at radius 1 is 1.44 bits per heavy atom. The van der Waals surface area contributed by atoms with Gasteiger partial charge in [-0.15, -0.1) is 0 Å². The van der Waals surface area contributed by atoms with Crippen molar-refractivity contribution < 1.29 is 4.74 Å². The van der Waals surface area contributed by atoms with E-state index in [0.29, 0.717) is 0 Å². The van der Waals surface area contributed by atoms with Gasteiger partial charge in [0.1, 0.15) is 11.6 Å². The van der Waals surface area contributed by atoms with Crippen molar-refractivity contribution in [3.8, 4) is 5.75 Å². The number of hydrogen-bond acceptors (Lipinski definition) is 3.